The Kier molecular flexibility index (Phi) is 4.57. The van der Waals surface area contributed by atoms with Gasteiger partial charge >= 0.3 is 5.91 Å². The third-order valence-electron chi connectivity index (χ3n) is 3.74. The van der Waals surface area contributed by atoms with E-state index in [0.717, 1.165) is 11.3 Å². The fourth-order valence-corrected chi connectivity index (χ4v) is 2.50. The lowest BCUT2D eigenvalue weighted by Crippen LogP contribution is -2.19. The second-order valence-corrected chi connectivity index (χ2v) is 5.59. The number of hydrogen-bond acceptors (Lipinski definition) is 5. The Morgan fingerprint density at radius 2 is 1.74 bits per heavy atom. The van der Waals surface area contributed by atoms with Crippen LogP contribution in [0.15, 0.2) is 88.6 Å². The van der Waals surface area contributed by atoms with E-state index in [1.54, 1.807) is 16.8 Å². The van der Waals surface area contributed by atoms with Crippen molar-refractivity contribution in [3.8, 4) is 17.1 Å². The van der Waals surface area contributed by atoms with Gasteiger partial charge in [-0.3, -0.25) is 4.79 Å². The minimum absolute atomic E-state index is 0.0225. The molecule has 4 rings (SSSR count). The summed E-state index contributed by atoms with van der Waals surface area (Å²) in [6.07, 6.45) is 2.93. The quantitative estimate of drug-likeness (QED) is 0.439. The average Bonchev–Trinajstić information content (AvgIpc) is 3.39. The molecule has 2 aromatic carbocycles. The van der Waals surface area contributed by atoms with Crippen LogP contribution in [0.5, 0.6) is 0 Å². The molecule has 27 heavy (non-hydrogen) atoms. The van der Waals surface area contributed by atoms with E-state index in [4.69, 9.17) is 4.42 Å². The normalized spacial score (nSPS) is 11.0. The van der Waals surface area contributed by atoms with E-state index >= 15 is 0 Å². The topological polar surface area (TPSA) is 85.3 Å². The van der Waals surface area contributed by atoms with Crippen LogP contribution >= 0.6 is 0 Å². The van der Waals surface area contributed by atoms with Crippen LogP contribution in [-0.4, -0.2) is 26.9 Å². The van der Waals surface area contributed by atoms with Gasteiger partial charge in [0, 0.05) is 5.56 Å². The molecule has 0 saturated carbocycles. The summed E-state index contributed by atoms with van der Waals surface area (Å²) in [5.41, 5.74) is 4.07. The first-order valence-electron chi connectivity index (χ1n) is 8.26. The first kappa shape index (κ1) is 16.5. The molecule has 0 fully saturated rings. The molecule has 1 amide bonds. The van der Waals surface area contributed by atoms with Crippen molar-refractivity contribution in [2.75, 3.05) is 0 Å². The predicted octanol–water partition coefficient (Wildman–Crippen LogP) is 3.29. The van der Waals surface area contributed by atoms with Crippen molar-refractivity contribution in [1.29, 1.82) is 0 Å². The Morgan fingerprint density at radius 1 is 1.00 bits per heavy atom. The molecule has 0 aliphatic rings. The Balaban J connectivity index is 1.66. The van der Waals surface area contributed by atoms with Gasteiger partial charge in [0.05, 0.1) is 18.2 Å². The number of hydrazone groups is 1. The molecule has 0 saturated heterocycles. The van der Waals surface area contributed by atoms with Gasteiger partial charge in [-0.25, -0.2) is 15.1 Å². The van der Waals surface area contributed by atoms with Crippen LogP contribution in [0.3, 0.4) is 0 Å². The zero-order valence-corrected chi connectivity index (χ0v) is 14.2. The minimum Gasteiger partial charge on any atom is -0.463 e. The summed E-state index contributed by atoms with van der Waals surface area (Å²) < 4.78 is 6.76. The lowest BCUT2D eigenvalue weighted by Gasteiger charge is -2.05. The molecule has 0 spiro atoms. The van der Waals surface area contributed by atoms with Gasteiger partial charge in [-0.05, 0) is 24.3 Å². The summed E-state index contributed by atoms with van der Waals surface area (Å²) in [5, 5.41) is 8.24. The Labute approximate surface area is 155 Å². The number of carbonyl (C=O) groups excluding carboxylic acids is 1. The molecule has 1 N–H and O–H groups in total. The van der Waals surface area contributed by atoms with Gasteiger partial charge in [0.25, 0.3) is 0 Å². The molecular formula is C20H15N5O2. The molecule has 0 atom stereocenters. The highest BCUT2D eigenvalue weighted by Gasteiger charge is 2.18. The van der Waals surface area contributed by atoms with Crippen LogP contribution < -0.4 is 5.43 Å². The standard InChI is InChI=1S/C20H15N5O2/c26-20(23-21-14-17-12-7-13-27-17)18-22-19(15-8-3-1-4-9-15)25(24-18)16-10-5-2-6-11-16/h1-14H,(H,23,26)/b21-14-. The van der Waals surface area contributed by atoms with E-state index in [9.17, 15) is 4.79 Å². The number of nitrogens with zero attached hydrogens (tertiary/aromatic N) is 4. The minimum atomic E-state index is -0.510. The number of para-hydroxylation sites is 1. The van der Waals surface area contributed by atoms with E-state index in [0.29, 0.717) is 11.6 Å². The van der Waals surface area contributed by atoms with Gasteiger partial charge in [0.15, 0.2) is 5.82 Å². The number of nitrogens with one attached hydrogen (secondary N) is 1. The summed E-state index contributed by atoms with van der Waals surface area (Å²) in [6.45, 7) is 0. The molecule has 132 valence electrons. The summed E-state index contributed by atoms with van der Waals surface area (Å²) in [5.74, 6) is 0.615. The zero-order valence-electron chi connectivity index (χ0n) is 14.2. The van der Waals surface area contributed by atoms with Crippen molar-refractivity contribution in [2.45, 2.75) is 0 Å². The van der Waals surface area contributed by atoms with Gasteiger partial charge in [0.2, 0.25) is 5.82 Å². The van der Waals surface area contributed by atoms with E-state index in [-0.39, 0.29) is 5.82 Å². The average molecular weight is 357 g/mol. The van der Waals surface area contributed by atoms with Crippen molar-refractivity contribution in [3.63, 3.8) is 0 Å². The van der Waals surface area contributed by atoms with Crippen LogP contribution in [0.4, 0.5) is 0 Å². The van der Waals surface area contributed by atoms with Gasteiger partial charge in [-0.1, -0.05) is 48.5 Å². The Bertz CT molecular complexity index is 997. The highest BCUT2D eigenvalue weighted by Crippen LogP contribution is 2.20. The smallest absolute Gasteiger partial charge is 0.311 e. The van der Waals surface area contributed by atoms with Crippen LogP contribution in [0, 0.1) is 0 Å². The molecule has 0 aliphatic heterocycles. The second kappa shape index (κ2) is 7.49. The number of rotatable bonds is 5. The number of benzene rings is 2. The maximum Gasteiger partial charge on any atom is 0.311 e. The molecule has 0 unspecified atom stereocenters. The van der Waals surface area contributed by atoms with Gasteiger partial charge in [-0.15, -0.1) is 5.10 Å². The SMILES string of the molecule is O=C(N/N=C\c1ccco1)c1nc(-c2ccccc2)n(-c2ccccc2)n1. The van der Waals surface area contributed by atoms with Crippen molar-refractivity contribution in [3.05, 3.63) is 90.6 Å². The number of carbonyl (C=O) groups is 1. The maximum absolute atomic E-state index is 12.4. The van der Waals surface area contributed by atoms with Crippen molar-refractivity contribution >= 4 is 12.1 Å². The number of amides is 1. The molecule has 7 heteroatoms. The lowest BCUT2D eigenvalue weighted by atomic mass is 10.2. The molecule has 2 heterocycles. The fourth-order valence-electron chi connectivity index (χ4n) is 2.50. The van der Waals surface area contributed by atoms with Crippen molar-refractivity contribution in [2.24, 2.45) is 5.10 Å². The lowest BCUT2D eigenvalue weighted by molar-refractivity contribution is 0.0945. The van der Waals surface area contributed by atoms with Gasteiger partial charge < -0.3 is 4.42 Å². The largest absolute Gasteiger partial charge is 0.463 e. The zero-order chi connectivity index (χ0) is 18.5. The third-order valence-corrected chi connectivity index (χ3v) is 3.74. The number of aromatic nitrogens is 3. The monoisotopic (exact) mass is 357 g/mol. The molecule has 2 aromatic heterocycles. The summed E-state index contributed by atoms with van der Waals surface area (Å²) in [4.78, 5) is 16.8. The Hall–Kier alpha value is -4.00. The van der Waals surface area contributed by atoms with Crippen LogP contribution in [-0.2, 0) is 0 Å². The summed E-state index contributed by atoms with van der Waals surface area (Å²) >= 11 is 0. The molecule has 7 nitrogen and oxygen atoms in total. The third kappa shape index (κ3) is 3.67. The van der Waals surface area contributed by atoms with Crippen molar-refractivity contribution in [1.82, 2.24) is 20.2 Å². The van der Waals surface area contributed by atoms with Crippen LogP contribution in [0.2, 0.25) is 0 Å². The number of hydrogen-bond donors (Lipinski definition) is 1. The molecule has 0 aliphatic carbocycles. The van der Waals surface area contributed by atoms with E-state index in [2.05, 4.69) is 20.6 Å². The van der Waals surface area contributed by atoms with Gasteiger partial charge in [-0.2, -0.15) is 5.10 Å². The van der Waals surface area contributed by atoms with E-state index < -0.39 is 5.91 Å². The molecule has 4 aromatic rings. The summed E-state index contributed by atoms with van der Waals surface area (Å²) in [7, 11) is 0. The Morgan fingerprint density at radius 3 is 2.44 bits per heavy atom. The number of furan rings is 1. The first-order valence-corrected chi connectivity index (χ1v) is 8.26. The fraction of sp³-hybridized carbons (Fsp3) is 0. The molecule has 0 bridgehead atoms. The molecule has 0 radical (unpaired) electrons. The first-order chi connectivity index (χ1) is 13.3. The molecular weight excluding hydrogens is 342 g/mol. The maximum atomic E-state index is 12.4. The highest BCUT2D eigenvalue weighted by molar-refractivity contribution is 5.91. The van der Waals surface area contributed by atoms with Crippen LogP contribution in [0.1, 0.15) is 16.4 Å². The predicted molar refractivity (Wildman–Crippen MR) is 101 cm³/mol. The van der Waals surface area contributed by atoms with E-state index in [1.807, 2.05) is 60.7 Å². The van der Waals surface area contributed by atoms with E-state index in [1.165, 1.54) is 12.5 Å². The van der Waals surface area contributed by atoms with Crippen LogP contribution in [0.25, 0.3) is 17.1 Å². The summed E-state index contributed by atoms with van der Waals surface area (Å²) in [6, 6.07) is 22.6. The van der Waals surface area contributed by atoms with Gasteiger partial charge in [0.1, 0.15) is 5.76 Å². The second-order valence-electron chi connectivity index (χ2n) is 5.59. The highest BCUT2D eigenvalue weighted by atomic mass is 16.3. The van der Waals surface area contributed by atoms with Crippen molar-refractivity contribution < 1.29 is 9.21 Å².